The molecule has 1 aromatic heterocycles. The number of nitrogens with zero attached hydrogens (tertiary/aromatic N) is 2. The summed E-state index contributed by atoms with van der Waals surface area (Å²) < 4.78 is 1.84. The lowest BCUT2D eigenvalue weighted by Gasteiger charge is -2.14. The molecule has 70 valence electrons. The zero-order chi connectivity index (χ0) is 9.10. The van der Waals surface area contributed by atoms with Gasteiger partial charge in [-0.1, -0.05) is 5.57 Å². The highest BCUT2D eigenvalue weighted by Crippen LogP contribution is 2.13. The summed E-state index contributed by atoms with van der Waals surface area (Å²) in [5.74, 6) is 0. The van der Waals surface area contributed by atoms with Crippen LogP contribution in [0.2, 0.25) is 0 Å². The number of hydrogen-bond acceptors (Lipinski definition) is 2. The Kier molecular flexibility index (Phi) is 2.45. The Morgan fingerprint density at radius 1 is 1.46 bits per heavy atom. The van der Waals surface area contributed by atoms with Gasteiger partial charge in [-0.05, 0) is 38.1 Å². The second-order valence-electron chi connectivity index (χ2n) is 3.47. The summed E-state index contributed by atoms with van der Waals surface area (Å²) in [4.78, 5) is 0. The highest BCUT2D eigenvalue weighted by molar-refractivity contribution is 5.48. The number of hydrogen-bond donors (Lipinski definition) is 1. The molecule has 0 atom stereocenters. The van der Waals surface area contributed by atoms with Gasteiger partial charge < -0.3 is 5.32 Å². The smallest absolute Gasteiger partial charge is 0.0850 e. The first-order valence-electron chi connectivity index (χ1n) is 4.74. The maximum Gasteiger partial charge on any atom is 0.0850 e. The maximum atomic E-state index is 4.32. The van der Waals surface area contributed by atoms with E-state index in [0.717, 1.165) is 31.6 Å². The summed E-state index contributed by atoms with van der Waals surface area (Å²) in [5.41, 5.74) is 2.59. The monoisotopic (exact) mass is 177 g/mol. The van der Waals surface area contributed by atoms with Crippen LogP contribution in [0.1, 0.15) is 18.5 Å². The molecule has 3 heteroatoms. The van der Waals surface area contributed by atoms with Crippen molar-refractivity contribution in [1.82, 2.24) is 15.1 Å². The average Bonchev–Trinajstić information content (AvgIpc) is 2.53. The molecule has 2 rings (SSSR count). The summed E-state index contributed by atoms with van der Waals surface area (Å²) >= 11 is 0. The molecule has 0 unspecified atom stereocenters. The Labute approximate surface area is 78.4 Å². The molecule has 0 saturated carbocycles. The zero-order valence-electron chi connectivity index (χ0n) is 7.95. The van der Waals surface area contributed by atoms with Crippen LogP contribution in [0, 0.1) is 0 Å². The molecule has 0 amide bonds. The van der Waals surface area contributed by atoms with Crippen molar-refractivity contribution in [1.29, 1.82) is 0 Å². The summed E-state index contributed by atoms with van der Waals surface area (Å²) in [5, 5.41) is 7.66. The normalized spacial score (nSPS) is 17.5. The van der Waals surface area contributed by atoms with Gasteiger partial charge in [-0.25, -0.2) is 0 Å². The van der Waals surface area contributed by atoms with Crippen LogP contribution in [-0.2, 0) is 7.05 Å². The van der Waals surface area contributed by atoms with Crippen molar-refractivity contribution in [3.63, 3.8) is 0 Å². The quantitative estimate of drug-likeness (QED) is 0.698. The van der Waals surface area contributed by atoms with Crippen LogP contribution in [0.3, 0.4) is 0 Å². The van der Waals surface area contributed by atoms with Gasteiger partial charge in [0.25, 0.3) is 0 Å². The standard InChI is InChI=1S/C10H15N3/c1-13-7-4-10(12-13)8-9-2-5-11-6-3-9/h4,7-8,11H,2-3,5-6H2,1H3. The molecule has 0 radical (unpaired) electrons. The van der Waals surface area contributed by atoms with Crippen molar-refractivity contribution >= 4 is 6.08 Å². The second kappa shape index (κ2) is 3.75. The maximum absolute atomic E-state index is 4.32. The van der Waals surface area contributed by atoms with E-state index in [1.54, 1.807) is 0 Å². The summed E-state index contributed by atoms with van der Waals surface area (Å²) in [6.07, 6.45) is 6.52. The predicted octanol–water partition coefficient (Wildman–Crippen LogP) is 1.19. The van der Waals surface area contributed by atoms with Crippen LogP contribution in [-0.4, -0.2) is 22.9 Å². The van der Waals surface area contributed by atoms with Crippen LogP contribution in [0.5, 0.6) is 0 Å². The van der Waals surface area contributed by atoms with Crippen LogP contribution in [0.4, 0.5) is 0 Å². The molecular formula is C10H15N3. The molecule has 1 saturated heterocycles. The van der Waals surface area contributed by atoms with E-state index in [-0.39, 0.29) is 0 Å². The van der Waals surface area contributed by atoms with Gasteiger partial charge >= 0.3 is 0 Å². The minimum atomic E-state index is 1.08. The van der Waals surface area contributed by atoms with Gasteiger partial charge in [0.2, 0.25) is 0 Å². The van der Waals surface area contributed by atoms with Gasteiger partial charge in [-0.15, -0.1) is 0 Å². The Morgan fingerprint density at radius 3 is 2.85 bits per heavy atom. The first-order valence-corrected chi connectivity index (χ1v) is 4.74. The van der Waals surface area contributed by atoms with Crippen LogP contribution in [0.25, 0.3) is 6.08 Å². The minimum Gasteiger partial charge on any atom is -0.316 e. The third-order valence-electron chi connectivity index (χ3n) is 2.33. The summed E-state index contributed by atoms with van der Waals surface area (Å²) in [6, 6.07) is 2.05. The van der Waals surface area contributed by atoms with Crippen LogP contribution < -0.4 is 5.32 Å². The van der Waals surface area contributed by atoms with Crippen LogP contribution in [0.15, 0.2) is 17.8 Å². The predicted molar refractivity (Wildman–Crippen MR) is 53.3 cm³/mol. The fourth-order valence-corrected chi connectivity index (χ4v) is 1.61. The van der Waals surface area contributed by atoms with Crippen molar-refractivity contribution in [2.75, 3.05) is 13.1 Å². The van der Waals surface area contributed by atoms with E-state index in [1.165, 1.54) is 5.57 Å². The lowest BCUT2D eigenvalue weighted by atomic mass is 10.0. The van der Waals surface area contributed by atoms with Gasteiger partial charge in [0.15, 0.2) is 0 Å². The molecule has 1 aliphatic rings. The van der Waals surface area contributed by atoms with E-state index in [9.17, 15) is 0 Å². The molecular weight excluding hydrogens is 162 g/mol. The fraction of sp³-hybridized carbons (Fsp3) is 0.500. The van der Waals surface area contributed by atoms with E-state index >= 15 is 0 Å². The lowest BCUT2D eigenvalue weighted by Crippen LogP contribution is -2.22. The molecule has 0 bridgehead atoms. The van der Waals surface area contributed by atoms with Gasteiger partial charge in [0.05, 0.1) is 5.69 Å². The lowest BCUT2D eigenvalue weighted by molar-refractivity contribution is 0.613. The summed E-state index contributed by atoms with van der Waals surface area (Å²) in [6.45, 7) is 2.22. The largest absolute Gasteiger partial charge is 0.316 e. The minimum absolute atomic E-state index is 1.08. The summed E-state index contributed by atoms with van der Waals surface area (Å²) in [7, 11) is 1.95. The third-order valence-corrected chi connectivity index (χ3v) is 2.33. The number of aromatic nitrogens is 2. The topological polar surface area (TPSA) is 29.9 Å². The van der Waals surface area contributed by atoms with E-state index in [2.05, 4.69) is 22.6 Å². The molecule has 1 aromatic rings. The number of piperidine rings is 1. The second-order valence-corrected chi connectivity index (χ2v) is 3.47. The Bertz CT molecular complexity index is 304. The molecule has 13 heavy (non-hydrogen) atoms. The molecule has 0 aromatic carbocycles. The van der Waals surface area contributed by atoms with E-state index in [4.69, 9.17) is 0 Å². The highest BCUT2D eigenvalue weighted by atomic mass is 15.2. The van der Waals surface area contributed by atoms with Crippen molar-refractivity contribution in [2.45, 2.75) is 12.8 Å². The Hall–Kier alpha value is -1.09. The zero-order valence-corrected chi connectivity index (χ0v) is 7.95. The average molecular weight is 177 g/mol. The van der Waals surface area contributed by atoms with E-state index in [1.807, 2.05) is 17.9 Å². The SMILES string of the molecule is Cn1ccc(C=C2CCNCC2)n1. The van der Waals surface area contributed by atoms with Gasteiger partial charge in [-0.3, -0.25) is 4.68 Å². The van der Waals surface area contributed by atoms with Crippen molar-refractivity contribution in [3.05, 3.63) is 23.5 Å². The third kappa shape index (κ3) is 2.18. The van der Waals surface area contributed by atoms with Crippen LogP contribution >= 0.6 is 0 Å². The molecule has 1 fully saturated rings. The molecule has 0 spiro atoms. The Morgan fingerprint density at radius 2 is 2.23 bits per heavy atom. The highest BCUT2D eigenvalue weighted by Gasteiger charge is 2.04. The number of rotatable bonds is 1. The van der Waals surface area contributed by atoms with Crippen molar-refractivity contribution < 1.29 is 0 Å². The number of nitrogens with one attached hydrogen (secondary N) is 1. The van der Waals surface area contributed by atoms with E-state index in [0.29, 0.717) is 0 Å². The molecule has 1 aliphatic heterocycles. The van der Waals surface area contributed by atoms with Gasteiger partial charge in [-0.2, -0.15) is 5.10 Å². The Balaban J connectivity index is 2.09. The van der Waals surface area contributed by atoms with Crippen molar-refractivity contribution in [2.24, 2.45) is 7.05 Å². The molecule has 3 nitrogen and oxygen atoms in total. The fourth-order valence-electron chi connectivity index (χ4n) is 1.61. The molecule has 0 aliphatic carbocycles. The van der Waals surface area contributed by atoms with Gasteiger partial charge in [0, 0.05) is 13.2 Å². The number of aryl methyl sites for hydroxylation is 1. The van der Waals surface area contributed by atoms with Gasteiger partial charge in [0.1, 0.15) is 0 Å². The van der Waals surface area contributed by atoms with Crippen molar-refractivity contribution in [3.8, 4) is 0 Å². The molecule has 1 N–H and O–H groups in total. The first kappa shape index (κ1) is 8.51. The first-order chi connectivity index (χ1) is 6.34. The van der Waals surface area contributed by atoms with E-state index < -0.39 is 0 Å². The molecule has 2 heterocycles.